The van der Waals surface area contributed by atoms with Gasteiger partial charge in [0.15, 0.2) is 0 Å². The summed E-state index contributed by atoms with van der Waals surface area (Å²) in [7, 11) is 0. The number of aromatic nitrogens is 5. The smallest absolute Gasteiger partial charge is 0.145 e. The number of rotatable bonds is 5. The van der Waals surface area contributed by atoms with E-state index in [4.69, 9.17) is 9.97 Å². The van der Waals surface area contributed by atoms with E-state index < -0.39 is 0 Å². The van der Waals surface area contributed by atoms with E-state index in [1.165, 1.54) is 48.7 Å². The highest BCUT2D eigenvalue weighted by molar-refractivity contribution is 6.25. The second-order valence-corrected chi connectivity index (χ2v) is 16.9. The van der Waals surface area contributed by atoms with Gasteiger partial charge >= 0.3 is 0 Å². The lowest BCUT2D eigenvalue weighted by Crippen LogP contribution is -2.00. The molecule has 14 aromatic rings. The lowest BCUT2D eigenvalue weighted by molar-refractivity contribution is 1.09. The summed E-state index contributed by atoms with van der Waals surface area (Å²) < 4.78 is 7.07. The van der Waals surface area contributed by atoms with Crippen molar-refractivity contribution in [1.82, 2.24) is 23.7 Å². The van der Waals surface area contributed by atoms with Crippen LogP contribution in [0.1, 0.15) is 0 Å². The minimum atomic E-state index is 0.887. The van der Waals surface area contributed by atoms with E-state index in [1.54, 1.807) is 0 Å². The predicted molar refractivity (Wildman–Crippen MR) is 271 cm³/mol. The van der Waals surface area contributed by atoms with Crippen molar-refractivity contribution in [2.24, 2.45) is 0 Å². The Labute approximate surface area is 373 Å². The number of benzene rings is 11. The van der Waals surface area contributed by atoms with Gasteiger partial charge in [0.05, 0.1) is 33.1 Å². The number of hydrogen-bond acceptors (Lipinski definition) is 2. The van der Waals surface area contributed by atoms with Crippen LogP contribution in [0.15, 0.2) is 224 Å². The second-order valence-electron chi connectivity index (χ2n) is 16.9. The third-order valence-corrected chi connectivity index (χ3v) is 13.4. The molecule has 0 fully saturated rings. The molecule has 3 heterocycles. The van der Waals surface area contributed by atoms with Gasteiger partial charge < -0.3 is 4.57 Å². The lowest BCUT2D eigenvalue weighted by atomic mass is 10.00. The van der Waals surface area contributed by atoms with Crippen LogP contribution in [0, 0.1) is 0 Å². The van der Waals surface area contributed by atoms with Crippen LogP contribution < -0.4 is 0 Å². The molecule has 0 amide bonds. The molecule has 302 valence electrons. The van der Waals surface area contributed by atoms with Crippen molar-refractivity contribution in [2.75, 3.05) is 0 Å². The molecule has 0 aliphatic heterocycles. The van der Waals surface area contributed by atoms with Gasteiger partial charge in [-0.3, -0.25) is 9.13 Å². The van der Waals surface area contributed by atoms with E-state index in [-0.39, 0.29) is 0 Å². The quantitative estimate of drug-likeness (QED) is 0.162. The van der Waals surface area contributed by atoms with Crippen LogP contribution in [0.25, 0.3) is 127 Å². The zero-order valence-electron chi connectivity index (χ0n) is 35.1. The predicted octanol–water partition coefficient (Wildman–Crippen LogP) is 15.4. The zero-order chi connectivity index (χ0) is 42.6. The van der Waals surface area contributed by atoms with Crippen LogP contribution in [0.4, 0.5) is 0 Å². The van der Waals surface area contributed by atoms with Crippen molar-refractivity contribution < 1.29 is 0 Å². The highest BCUT2D eigenvalue weighted by Crippen LogP contribution is 2.42. The zero-order valence-corrected chi connectivity index (χ0v) is 35.1. The van der Waals surface area contributed by atoms with Crippen molar-refractivity contribution in [3.63, 3.8) is 0 Å². The van der Waals surface area contributed by atoms with Crippen molar-refractivity contribution in [2.45, 2.75) is 0 Å². The molecular formula is C60H37N5. The van der Waals surface area contributed by atoms with Crippen molar-refractivity contribution in [3.8, 4) is 39.8 Å². The van der Waals surface area contributed by atoms with E-state index in [0.29, 0.717) is 0 Å². The maximum absolute atomic E-state index is 5.59. The molecule has 0 aliphatic rings. The Morgan fingerprint density at radius 3 is 0.969 bits per heavy atom. The lowest BCUT2D eigenvalue weighted by Gasteiger charge is -2.15. The summed E-state index contributed by atoms with van der Waals surface area (Å²) in [6.07, 6.45) is 0. The monoisotopic (exact) mass is 827 g/mol. The summed E-state index contributed by atoms with van der Waals surface area (Å²) in [5, 5.41) is 11.9. The number of hydrogen-bond donors (Lipinski definition) is 0. The van der Waals surface area contributed by atoms with Crippen molar-refractivity contribution in [3.05, 3.63) is 224 Å². The van der Waals surface area contributed by atoms with Gasteiger partial charge in [0.25, 0.3) is 0 Å². The second kappa shape index (κ2) is 13.9. The first-order valence-corrected chi connectivity index (χ1v) is 22.2. The van der Waals surface area contributed by atoms with Crippen LogP contribution in [0.3, 0.4) is 0 Å². The van der Waals surface area contributed by atoms with Crippen LogP contribution in [-0.2, 0) is 0 Å². The summed E-state index contributed by atoms with van der Waals surface area (Å²) >= 11 is 0. The summed E-state index contributed by atoms with van der Waals surface area (Å²) in [6, 6.07) is 80.6. The summed E-state index contributed by atoms with van der Waals surface area (Å²) in [4.78, 5) is 11.1. The molecule has 11 aromatic carbocycles. The Morgan fingerprint density at radius 2 is 0.538 bits per heavy atom. The van der Waals surface area contributed by atoms with Crippen LogP contribution >= 0.6 is 0 Å². The number of para-hydroxylation sites is 3. The molecule has 0 aliphatic carbocycles. The first kappa shape index (κ1) is 35.8. The van der Waals surface area contributed by atoms with E-state index in [1.807, 2.05) is 0 Å². The highest BCUT2D eigenvalue weighted by atomic mass is 15.1. The van der Waals surface area contributed by atoms with E-state index in [0.717, 1.165) is 78.1 Å². The number of fused-ring (bicyclic) bond motifs is 15. The largest absolute Gasteiger partial charge is 0.309 e. The average molecular weight is 828 g/mol. The molecule has 0 saturated carbocycles. The summed E-state index contributed by atoms with van der Waals surface area (Å²) in [6.45, 7) is 0. The fourth-order valence-corrected chi connectivity index (χ4v) is 10.6. The Balaban J connectivity index is 0.997. The summed E-state index contributed by atoms with van der Waals surface area (Å²) in [5.74, 6) is 1.78. The van der Waals surface area contributed by atoms with Crippen LogP contribution in [-0.4, -0.2) is 23.7 Å². The minimum absolute atomic E-state index is 0.887. The molecule has 5 heteroatoms. The van der Waals surface area contributed by atoms with Crippen LogP contribution in [0.2, 0.25) is 0 Å². The van der Waals surface area contributed by atoms with Gasteiger partial charge in [-0.05, 0) is 94.3 Å². The van der Waals surface area contributed by atoms with Gasteiger partial charge in [-0.1, -0.05) is 152 Å². The van der Waals surface area contributed by atoms with Crippen molar-refractivity contribution >= 4 is 87.0 Å². The van der Waals surface area contributed by atoms with Gasteiger partial charge in [0, 0.05) is 60.5 Å². The summed E-state index contributed by atoms with van der Waals surface area (Å²) in [5.41, 5.74) is 11.8. The molecule has 0 spiro atoms. The first-order chi connectivity index (χ1) is 32.3. The molecule has 0 N–H and O–H groups in total. The van der Waals surface area contributed by atoms with Crippen molar-refractivity contribution in [1.29, 1.82) is 0 Å². The maximum atomic E-state index is 5.59. The van der Waals surface area contributed by atoms with E-state index in [9.17, 15) is 0 Å². The number of imidazole rings is 2. The van der Waals surface area contributed by atoms with Gasteiger partial charge in [-0.15, -0.1) is 0 Å². The molecule has 0 atom stereocenters. The molecule has 3 aromatic heterocycles. The normalized spacial score (nSPS) is 12.0. The Bertz CT molecular complexity index is 4160. The fraction of sp³-hybridized carbons (Fsp3) is 0. The third-order valence-electron chi connectivity index (χ3n) is 13.4. The number of nitrogens with zero attached hydrogens (tertiary/aromatic N) is 5. The molecule has 0 unspecified atom stereocenters. The standard InChI is InChI=1S/C60H37N5/c1-2-16-40(17-3-1)64-57-51-26-10-6-20-45(51)43-18-4-8-24-49(43)55(57)61-59(64)39-32-36-42(37-33-39)65-58-52-27-11-7-21-46(52)44-19-5-9-25-50(44)56(58)62-60(65)38-30-34-41(35-31-38)63-53-28-14-12-22-47(53)48-23-13-15-29-54(48)63/h1-37H. The topological polar surface area (TPSA) is 40.6 Å². The minimum Gasteiger partial charge on any atom is -0.309 e. The van der Waals surface area contributed by atoms with E-state index >= 15 is 0 Å². The molecule has 0 saturated heterocycles. The third kappa shape index (κ3) is 5.21. The molecule has 14 rings (SSSR count). The molecule has 0 radical (unpaired) electrons. The maximum Gasteiger partial charge on any atom is 0.145 e. The van der Waals surface area contributed by atoms with E-state index in [2.05, 4.69) is 238 Å². The van der Waals surface area contributed by atoms with Gasteiger partial charge in [-0.2, -0.15) is 0 Å². The Kier molecular flexibility index (Phi) is 7.62. The van der Waals surface area contributed by atoms with Gasteiger partial charge in [0.2, 0.25) is 0 Å². The SMILES string of the molecule is c1ccc(-n2c(-c3ccc(-n4c(-c5ccc(-n6c7ccccc7c7ccccc76)cc5)nc5c6ccccc6c6ccccc6c54)cc3)nc3c4ccccc4c4ccccc4c32)cc1. The molecular weight excluding hydrogens is 791 g/mol. The molecule has 65 heavy (non-hydrogen) atoms. The fourth-order valence-electron chi connectivity index (χ4n) is 10.6. The van der Waals surface area contributed by atoms with Crippen LogP contribution in [0.5, 0.6) is 0 Å². The molecule has 5 nitrogen and oxygen atoms in total. The van der Waals surface area contributed by atoms with Gasteiger partial charge in [-0.25, -0.2) is 9.97 Å². The first-order valence-electron chi connectivity index (χ1n) is 22.2. The molecule has 0 bridgehead atoms. The average Bonchev–Trinajstić information content (AvgIpc) is 4.09. The highest BCUT2D eigenvalue weighted by Gasteiger charge is 2.23. The Morgan fingerprint density at radius 1 is 0.231 bits per heavy atom. The van der Waals surface area contributed by atoms with Gasteiger partial charge in [0.1, 0.15) is 11.6 Å². The Hall–Kier alpha value is -8.80.